The van der Waals surface area contributed by atoms with Gasteiger partial charge in [0.05, 0.1) is 0 Å². The molecule has 0 saturated carbocycles. The van der Waals surface area contributed by atoms with Gasteiger partial charge in [-0.2, -0.15) is 0 Å². The molecule has 0 aliphatic rings. The van der Waals surface area contributed by atoms with Crippen LogP contribution in [-0.2, 0) is 0 Å². The lowest BCUT2D eigenvalue weighted by Gasteiger charge is -2.10. The number of aryl methyl sites for hydroxylation is 1. The second-order valence-electron chi connectivity index (χ2n) is 4.18. The van der Waals surface area contributed by atoms with Crippen LogP contribution in [0, 0.1) is 6.92 Å². The minimum absolute atomic E-state index is 0.286. The predicted molar refractivity (Wildman–Crippen MR) is 74.6 cm³/mol. The number of hydrogen-bond donors (Lipinski definition) is 1. The van der Waals surface area contributed by atoms with Crippen LogP contribution in [-0.4, -0.2) is 10.9 Å². The van der Waals surface area contributed by atoms with E-state index < -0.39 is 6.10 Å². The first-order valence-electron chi connectivity index (χ1n) is 5.62. The summed E-state index contributed by atoms with van der Waals surface area (Å²) >= 11 is 3.31. The number of benzene rings is 2. The van der Waals surface area contributed by atoms with E-state index in [9.17, 15) is 9.90 Å². The Labute approximate surface area is 114 Å². The van der Waals surface area contributed by atoms with E-state index in [0.717, 1.165) is 10.0 Å². The minimum Gasteiger partial charge on any atom is -0.380 e. The third-order valence-corrected chi connectivity index (χ3v) is 3.30. The maximum absolute atomic E-state index is 12.1. The molecule has 0 radical (unpaired) electrons. The Morgan fingerprint density at radius 1 is 1.06 bits per heavy atom. The number of carbonyl (C=O) groups is 1. The van der Waals surface area contributed by atoms with Crippen LogP contribution < -0.4 is 0 Å². The van der Waals surface area contributed by atoms with Crippen LogP contribution in [0.4, 0.5) is 0 Å². The summed E-state index contributed by atoms with van der Waals surface area (Å²) in [5, 5.41) is 10.0. The van der Waals surface area contributed by atoms with E-state index in [1.165, 1.54) is 0 Å². The highest BCUT2D eigenvalue weighted by atomic mass is 79.9. The van der Waals surface area contributed by atoms with Crippen molar-refractivity contribution >= 4 is 21.7 Å². The molecular weight excluding hydrogens is 292 g/mol. The molecule has 1 N–H and O–H groups in total. The highest BCUT2D eigenvalue weighted by Crippen LogP contribution is 2.20. The molecule has 1 atom stereocenters. The maximum Gasteiger partial charge on any atom is 0.195 e. The largest absolute Gasteiger partial charge is 0.380 e. The van der Waals surface area contributed by atoms with Crippen molar-refractivity contribution in [2.24, 2.45) is 0 Å². The fourth-order valence-corrected chi connectivity index (χ4v) is 1.94. The van der Waals surface area contributed by atoms with E-state index in [2.05, 4.69) is 15.9 Å². The van der Waals surface area contributed by atoms with Crippen molar-refractivity contribution in [2.45, 2.75) is 13.0 Å². The van der Waals surface area contributed by atoms with Gasteiger partial charge in [-0.25, -0.2) is 0 Å². The van der Waals surface area contributed by atoms with E-state index >= 15 is 0 Å². The first-order valence-corrected chi connectivity index (χ1v) is 6.41. The van der Waals surface area contributed by atoms with Gasteiger partial charge < -0.3 is 5.11 Å². The Balaban J connectivity index is 2.23. The Kier molecular flexibility index (Phi) is 3.94. The fraction of sp³-hybridized carbons (Fsp3) is 0.133. The SMILES string of the molecule is Cc1ccc([C@@H](O)C(=O)c2ccc(Br)cc2)cc1. The molecule has 2 nitrogen and oxygen atoms in total. The molecule has 0 aromatic heterocycles. The van der Waals surface area contributed by atoms with Gasteiger partial charge in [0.25, 0.3) is 0 Å². The van der Waals surface area contributed by atoms with Crippen molar-refractivity contribution in [3.05, 3.63) is 69.7 Å². The number of aliphatic hydroxyl groups is 1. The second kappa shape index (κ2) is 5.46. The molecule has 0 bridgehead atoms. The number of rotatable bonds is 3. The number of ketones is 1. The van der Waals surface area contributed by atoms with Gasteiger partial charge in [0.2, 0.25) is 0 Å². The van der Waals surface area contributed by atoms with Crippen molar-refractivity contribution < 1.29 is 9.90 Å². The van der Waals surface area contributed by atoms with Gasteiger partial charge in [0.1, 0.15) is 6.10 Å². The van der Waals surface area contributed by atoms with Gasteiger partial charge in [-0.3, -0.25) is 4.79 Å². The molecule has 2 rings (SSSR count). The number of Topliss-reactive ketones (excluding diaryl/α,β-unsaturated/α-hetero) is 1. The second-order valence-corrected chi connectivity index (χ2v) is 5.10. The summed E-state index contributed by atoms with van der Waals surface area (Å²) in [7, 11) is 0. The molecule has 3 heteroatoms. The molecule has 0 unspecified atom stereocenters. The van der Waals surface area contributed by atoms with Crippen molar-refractivity contribution in [1.29, 1.82) is 0 Å². The van der Waals surface area contributed by atoms with E-state index in [-0.39, 0.29) is 5.78 Å². The van der Waals surface area contributed by atoms with Crippen molar-refractivity contribution in [2.75, 3.05) is 0 Å². The van der Waals surface area contributed by atoms with Gasteiger partial charge in [-0.1, -0.05) is 57.9 Å². The molecule has 0 aliphatic heterocycles. The lowest BCUT2D eigenvalue weighted by molar-refractivity contribution is 0.0747. The average Bonchev–Trinajstić information content (AvgIpc) is 2.39. The molecule has 0 saturated heterocycles. The number of halogens is 1. The number of hydrogen-bond acceptors (Lipinski definition) is 2. The zero-order valence-corrected chi connectivity index (χ0v) is 11.5. The molecule has 2 aromatic carbocycles. The summed E-state index contributed by atoms with van der Waals surface area (Å²) < 4.78 is 0.906. The number of aliphatic hydroxyl groups excluding tert-OH is 1. The summed E-state index contributed by atoms with van der Waals surface area (Å²) in [6, 6.07) is 14.3. The summed E-state index contributed by atoms with van der Waals surface area (Å²) in [5.74, 6) is -0.286. The minimum atomic E-state index is -1.10. The van der Waals surface area contributed by atoms with Crippen molar-refractivity contribution in [3.8, 4) is 0 Å². The molecule has 2 aromatic rings. The van der Waals surface area contributed by atoms with Crippen LogP contribution in [0.2, 0.25) is 0 Å². The van der Waals surface area contributed by atoms with Crippen LogP contribution in [0.3, 0.4) is 0 Å². The first kappa shape index (κ1) is 13.0. The Morgan fingerprint density at radius 2 is 1.61 bits per heavy atom. The molecule has 0 aliphatic carbocycles. The fourth-order valence-electron chi connectivity index (χ4n) is 1.67. The quantitative estimate of drug-likeness (QED) is 0.878. The van der Waals surface area contributed by atoms with Gasteiger partial charge in [0.15, 0.2) is 5.78 Å². The van der Waals surface area contributed by atoms with Gasteiger partial charge >= 0.3 is 0 Å². The zero-order chi connectivity index (χ0) is 13.1. The molecule has 0 fully saturated rings. The Hall–Kier alpha value is -1.45. The van der Waals surface area contributed by atoms with Gasteiger partial charge in [0, 0.05) is 10.0 Å². The van der Waals surface area contributed by atoms with Crippen LogP contribution in [0.25, 0.3) is 0 Å². The van der Waals surface area contributed by atoms with E-state index in [0.29, 0.717) is 11.1 Å². The van der Waals surface area contributed by atoms with Gasteiger partial charge in [-0.05, 0) is 24.6 Å². The smallest absolute Gasteiger partial charge is 0.195 e. The first-order chi connectivity index (χ1) is 8.58. The average molecular weight is 305 g/mol. The lowest BCUT2D eigenvalue weighted by Crippen LogP contribution is -2.12. The summed E-state index contributed by atoms with van der Waals surface area (Å²) in [6.45, 7) is 1.96. The third kappa shape index (κ3) is 2.86. The van der Waals surface area contributed by atoms with Crippen molar-refractivity contribution in [3.63, 3.8) is 0 Å². The molecule has 0 heterocycles. The molecular formula is C15H13BrO2. The summed E-state index contributed by atoms with van der Waals surface area (Å²) in [5.41, 5.74) is 2.22. The van der Waals surface area contributed by atoms with Gasteiger partial charge in [-0.15, -0.1) is 0 Å². The summed E-state index contributed by atoms with van der Waals surface area (Å²) in [4.78, 5) is 12.1. The molecule has 92 valence electrons. The zero-order valence-electron chi connectivity index (χ0n) is 9.93. The molecule has 0 spiro atoms. The predicted octanol–water partition coefficient (Wildman–Crippen LogP) is 3.67. The van der Waals surface area contributed by atoms with Crippen LogP contribution >= 0.6 is 15.9 Å². The lowest BCUT2D eigenvalue weighted by atomic mass is 9.99. The van der Waals surface area contributed by atoms with Crippen molar-refractivity contribution in [1.82, 2.24) is 0 Å². The summed E-state index contributed by atoms with van der Waals surface area (Å²) in [6.07, 6.45) is -1.10. The normalized spacial score (nSPS) is 12.2. The number of carbonyl (C=O) groups excluding carboxylic acids is 1. The van der Waals surface area contributed by atoms with Crippen LogP contribution in [0.1, 0.15) is 27.6 Å². The van der Waals surface area contributed by atoms with Crippen LogP contribution in [0.5, 0.6) is 0 Å². The van der Waals surface area contributed by atoms with E-state index in [1.807, 2.05) is 19.1 Å². The maximum atomic E-state index is 12.1. The third-order valence-electron chi connectivity index (χ3n) is 2.77. The standard InChI is InChI=1S/C15H13BrO2/c1-10-2-4-11(5-3-10)14(17)15(18)12-6-8-13(16)9-7-12/h2-9,14,17H,1H3/t14-/m1/s1. The van der Waals surface area contributed by atoms with E-state index in [4.69, 9.17) is 0 Å². The Bertz CT molecular complexity index is 544. The monoisotopic (exact) mass is 304 g/mol. The molecule has 18 heavy (non-hydrogen) atoms. The highest BCUT2D eigenvalue weighted by Gasteiger charge is 2.18. The topological polar surface area (TPSA) is 37.3 Å². The molecule has 0 amide bonds. The van der Waals surface area contributed by atoms with Crippen LogP contribution in [0.15, 0.2) is 53.0 Å². The van der Waals surface area contributed by atoms with E-state index in [1.54, 1.807) is 36.4 Å². The highest BCUT2D eigenvalue weighted by molar-refractivity contribution is 9.10. The Morgan fingerprint density at radius 3 is 2.17 bits per heavy atom.